The highest BCUT2D eigenvalue weighted by atomic mass is 79.9. The van der Waals surface area contributed by atoms with Crippen LogP contribution < -0.4 is 5.32 Å². The molecule has 1 aliphatic rings. The molecular formula is C25H33BrN2O4S2. The Kier molecular flexibility index (Phi) is 10.0. The predicted molar refractivity (Wildman–Crippen MR) is 140 cm³/mol. The van der Waals surface area contributed by atoms with Gasteiger partial charge in [-0.05, 0) is 74.1 Å². The van der Waals surface area contributed by atoms with Crippen LogP contribution in [0, 0.1) is 11.8 Å². The highest BCUT2D eigenvalue weighted by molar-refractivity contribution is 9.10. The van der Waals surface area contributed by atoms with Crippen molar-refractivity contribution >= 4 is 43.6 Å². The number of nitrogens with one attached hydrogen (secondary N) is 1. The van der Waals surface area contributed by atoms with Crippen LogP contribution in [-0.2, 0) is 14.8 Å². The Morgan fingerprint density at radius 1 is 1.15 bits per heavy atom. The Bertz CT molecular complexity index is 1070. The fraction of sp³-hybridized carbons (Fsp3) is 0.480. The number of piperidine rings is 1. The molecule has 6 nitrogen and oxygen atoms in total. The van der Waals surface area contributed by atoms with Gasteiger partial charge in [-0.1, -0.05) is 41.5 Å². The Balaban J connectivity index is 1.89. The van der Waals surface area contributed by atoms with E-state index >= 15 is 0 Å². The second kappa shape index (κ2) is 12.5. The highest BCUT2D eigenvalue weighted by Crippen LogP contribution is 2.34. The lowest BCUT2D eigenvalue weighted by atomic mass is 9.94. The van der Waals surface area contributed by atoms with E-state index in [1.54, 1.807) is 16.4 Å². The number of nitrogens with zero attached hydrogens (tertiary/aromatic N) is 1. The lowest BCUT2D eigenvalue weighted by molar-refractivity contribution is 0.0941. The third kappa shape index (κ3) is 7.31. The monoisotopic (exact) mass is 568 g/mol. The molecule has 3 rings (SSSR count). The molecule has 1 saturated heterocycles. The number of sulfonamides is 1. The van der Waals surface area contributed by atoms with E-state index in [0.29, 0.717) is 61.6 Å². The number of amides is 1. The number of carbonyl (C=O) groups is 1. The summed E-state index contributed by atoms with van der Waals surface area (Å²) in [5, 5.41) is 2.92. The Hall–Kier alpha value is -1.39. The minimum atomic E-state index is -3.69. The first-order valence-corrected chi connectivity index (χ1v) is 14.7. The van der Waals surface area contributed by atoms with E-state index < -0.39 is 10.0 Å². The van der Waals surface area contributed by atoms with Crippen molar-refractivity contribution in [2.45, 2.75) is 48.3 Å². The number of halogens is 1. The van der Waals surface area contributed by atoms with Gasteiger partial charge in [-0.15, -0.1) is 0 Å². The van der Waals surface area contributed by atoms with E-state index in [4.69, 9.17) is 4.74 Å². The molecular weight excluding hydrogens is 536 g/mol. The SMILES string of the molecule is CCOCCCNC(=O)c1cc(S(=O)(=O)N2C[C@@H](C)C[C@H](C)C2)ccc1Sc1ccc(Br)cc1. The molecule has 2 aromatic carbocycles. The molecule has 1 heterocycles. The van der Waals surface area contributed by atoms with E-state index in [2.05, 4.69) is 35.1 Å². The Morgan fingerprint density at radius 3 is 2.47 bits per heavy atom. The highest BCUT2D eigenvalue weighted by Gasteiger charge is 2.32. The number of hydrogen-bond donors (Lipinski definition) is 1. The van der Waals surface area contributed by atoms with Crippen LogP contribution in [0.2, 0.25) is 0 Å². The Labute approximate surface area is 216 Å². The first-order valence-electron chi connectivity index (χ1n) is 11.6. The molecule has 0 unspecified atom stereocenters. The molecule has 1 aliphatic heterocycles. The van der Waals surface area contributed by atoms with Crippen molar-refractivity contribution in [2.75, 3.05) is 32.8 Å². The quantitative estimate of drug-likeness (QED) is 0.387. The molecule has 1 fully saturated rings. The fourth-order valence-electron chi connectivity index (χ4n) is 4.13. The van der Waals surface area contributed by atoms with E-state index in [-0.39, 0.29) is 10.8 Å². The van der Waals surface area contributed by atoms with Crippen LogP contribution in [0.4, 0.5) is 0 Å². The van der Waals surface area contributed by atoms with Crippen LogP contribution in [0.5, 0.6) is 0 Å². The van der Waals surface area contributed by atoms with Crippen molar-refractivity contribution in [3.05, 3.63) is 52.5 Å². The van der Waals surface area contributed by atoms with Crippen LogP contribution in [0.25, 0.3) is 0 Å². The average Bonchev–Trinajstić information content (AvgIpc) is 2.80. The van der Waals surface area contributed by atoms with Crippen LogP contribution in [0.15, 0.2) is 61.6 Å². The smallest absolute Gasteiger partial charge is 0.252 e. The summed E-state index contributed by atoms with van der Waals surface area (Å²) >= 11 is 4.88. The standard InChI is InChI=1S/C25H33BrN2O4S2/c1-4-32-13-5-12-27-25(29)23-15-22(34(30,31)28-16-18(2)14-19(3)17-28)10-11-24(23)33-21-8-6-20(26)7-9-21/h6-11,15,18-19H,4-5,12-14,16-17H2,1-3H3,(H,27,29)/t18-,19-/m0/s1. The van der Waals surface area contributed by atoms with Gasteiger partial charge in [0.15, 0.2) is 0 Å². The average molecular weight is 570 g/mol. The molecule has 0 aromatic heterocycles. The maximum absolute atomic E-state index is 13.5. The maximum Gasteiger partial charge on any atom is 0.252 e. The van der Waals surface area contributed by atoms with Crippen molar-refractivity contribution in [1.82, 2.24) is 9.62 Å². The van der Waals surface area contributed by atoms with Gasteiger partial charge < -0.3 is 10.1 Å². The van der Waals surface area contributed by atoms with Gasteiger partial charge in [-0.25, -0.2) is 8.42 Å². The molecule has 2 atom stereocenters. The lowest BCUT2D eigenvalue weighted by Gasteiger charge is -2.34. The fourth-order valence-corrected chi connectivity index (χ4v) is 7.03. The topological polar surface area (TPSA) is 75.7 Å². The number of carbonyl (C=O) groups excluding carboxylic acids is 1. The van der Waals surface area contributed by atoms with E-state index in [9.17, 15) is 13.2 Å². The minimum Gasteiger partial charge on any atom is -0.382 e. The van der Waals surface area contributed by atoms with Crippen LogP contribution in [0.3, 0.4) is 0 Å². The normalized spacial score (nSPS) is 19.2. The van der Waals surface area contributed by atoms with Crippen molar-refractivity contribution in [3.8, 4) is 0 Å². The van der Waals surface area contributed by atoms with Gasteiger partial charge in [0.2, 0.25) is 10.0 Å². The van der Waals surface area contributed by atoms with E-state index in [0.717, 1.165) is 15.8 Å². The van der Waals surface area contributed by atoms with Crippen LogP contribution in [-0.4, -0.2) is 51.5 Å². The number of benzene rings is 2. The molecule has 9 heteroatoms. The van der Waals surface area contributed by atoms with Crippen LogP contribution in [0.1, 0.15) is 44.0 Å². The number of rotatable bonds is 10. The molecule has 0 bridgehead atoms. The second-order valence-corrected chi connectivity index (χ2v) is 12.8. The molecule has 34 heavy (non-hydrogen) atoms. The van der Waals surface area contributed by atoms with E-state index in [1.165, 1.54) is 17.8 Å². The predicted octanol–water partition coefficient (Wildman–Crippen LogP) is 5.42. The van der Waals surface area contributed by atoms with E-state index in [1.807, 2.05) is 31.2 Å². The summed E-state index contributed by atoms with van der Waals surface area (Å²) in [7, 11) is -3.69. The van der Waals surface area contributed by atoms with Gasteiger partial charge in [0.25, 0.3) is 5.91 Å². The molecule has 186 valence electrons. The third-order valence-corrected chi connectivity index (χ3v) is 9.11. The summed E-state index contributed by atoms with van der Waals surface area (Å²) in [6.07, 6.45) is 1.71. The van der Waals surface area contributed by atoms with Crippen molar-refractivity contribution in [2.24, 2.45) is 11.8 Å². The Morgan fingerprint density at radius 2 is 1.82 bits per heavy atom. The molecule has 1 N–H and O–H groups in total. The van der Waals surface area contributed by atoms with Crippen molar-refractivity contribution < 1.29 is 17.9 Å². The summed E-state index contributed by atoms with van der Waals surface area (Å²) in [5.74, 6) is 0.325. The van der Waals surface area contributed by atoms with Gasteiger partial charge in [0, 0.05) is 47.1 Å². The third-order valence-electron chi connectivity index (χ3n) is 5.67. The summed E-state index contributed by atoms with van der Waals surface area (Å²) in [6, 6.07) is 12.7. The molecule has 2 aromatic rings. The molecule has 1 amide bonds. The van der Waals surface area contributed by atoms with Gasteiger partial charge in [0.05, 0.1) is 10.5 Å². The zero-order valence-corrected chi connectivity index (χ0v) is 23.1. The summed E-state index contributed by atoms with van der Waals surface area (Å²) in [6.45, 7) is 8.75. The zero-order valence-electron chi connectivity index (χ0n) is 19.9. The number of ether oxygens (including phenoxy) is 1. The van der Waals surface area contributed by atoms with Gasteiger partial charge in [-0.3, -0.25) is 4.79 Å². The van der Waals surface area contributed by atoms with Crippen molar-refractivity contribution in [3.63, 3.8) is 0 Å². The molecule has 0 spiro atoms. The minimum absolute atomic E-state index is 0.161. The summed E-state index contributed by atoms with van der Waals surface area (Å²) in [4.78, 5) is 15.0. The van der Waals surface area contributed by atoms with Crippen molar-refractivity contribution in [1.29, 1.82) is 0 Å². The van der Waals surface area contributed by atoms with Gasteiger partial charge in [-0.2, -0.15) is 4.31 Å². The summed E-state index contributed by atoms with van der Waals surface area (Å²) in [5.41, 5.74) is 0.364. The lowest BCUT2D eigenvalue weighted by Crippen LogP contribution is -2.42. The molecule has 0 radical (unpaired) electrons. The second-order valence-electron chi connectivity index (χ2n) is 8.79. The molecule has 0 saturated carbocycles. The van der Waals surface area contributed by atoms with Gasteiger partial charge >= 0.3 is 0 Å². The van der Waals surface area contributed by atoms with Crippen LogP contribution >= 0.6 is 27.7 Å². The largest absolute Gasteiger partial charge is 0.382 e. The molecule has 0 aliphatic carbocycles. The number of hydrogen-bond acceptors (Lipinski definition) is 5. The van der Waals surface area contributed by atoms with Gasteiger partial charge in [0.1, 0.15) is 0 Å². The first-order chi connectivity index (χ1) is 16.2. The maximum atomic E-state index is 13.5. The zero-order chi connectivity index (χ0) is 24.7. The first kappa shape index (κ1) is 27.2. The summed E-state index contributed by atoms with van der Waals surface area (Å²) < 4.78 is 34.8.